The normalized spacial score (nSPS) is 30.2. The van der Waals surface area contributed by atoms with Gasteiger partial charge in [-0.1, -0.05) is 6.92 Å². The van der Waals surface area contributed by atoms with Gasteiger partial charge in [0.1, 0.15) is 5.54 Å². The monoisotopic (exact) mass is 229 g/mol. The lowest BCUT2D eigenvalue weighted by atomic mass is 9.77. The maximum atomic E-state index is 11.4. The van der Waals surface area contributed by atoms with Crippen molar-refractivity contribution in [2.45, 2.75) is 44.6 Å². The molecule has 94 valence electrons. The summed E-state index contributed by atoms with van der Waals surface area (Å²) < 4.78 is 4.95. The van der Waals surface area contributed by atoms with Crippen molar-refractivity contribution in [2.75, 3.05) is 20.3 Å². The lowest BCUT2D eigenvalue weighted by Gasteiger charge is -2.36. The summed E-state index contributed by atoms with van der Waals surface area (Å²) in [6.07, 6.45) is 4.36. The molecule has 1 aliphatic rings. The predicted octanol–water partition coefficient (Wildman–Crippen LogP) is 1.65. The lowest BCUT2D eigenvalue weighted by Crippen LogP contribution is -2.54. The smallest absolute Gasteiger partial charge is 0.323 e. The zero-order chi connectivity index (χ0) is 12.0. The van der Waals surface area contributed by atoms with Crippen LogP contribution in [-0.4, -0.2) is 36.9 Å². The average Bonchev–Trinajstić information content (AvgIpc) is 2.27. The van der Waals surface area contributed by atoms with Crippen LogP contribution in [0.15, 0.2) is 0 Å². The van der Waals surface area contributed by atoms with Crippen LogP contribution < -0.4 is 5.32 Å². The van der Waals surface area contributed by atoms with Gasteiger partial charge in [-0.05, 0) is 44.6 Å². The van der Waals surface area contributed by atoms with Crippen LogP contribution in [0.2, 0.25) is 0 Å². The molecule has 0 heterocycles. The summed E-state index contributed by atoms with van der Waals surface area (Å²) in [7, 11) is 1.66. The molecule has 0 spiro atoms. The molecule has 1 saturated carbocycles. The van der Waals surface area contributed by atoms with E-state index in [0.29, 0.717) is 19.1 Å². The Morgan fingerprint density at radius 3 is 2.62 bits per heavy atom. The first-order valence-electron chi connectivity index (χ1n) is 6.08. The molecule has 0 aromatic carbocycles. The third-order valence-electron chi connectivity index (χ3n) is 3.53. The minimum Gasteiger partial charge on any atom is -0.480 e. The van der Waals surface area contributed by atoms with Crippen molar-refractivity contribution in [2.24, 2.45) is 5.92 Å². The Morgan fingerprint density at radius 1 is 1.50 bits per heavy atom. The highest BCUT2D eigenvalue weighted by Crippen LogP contribution is 2.32. The number of carboxylic acid groups (broad SMARTS) is 1. The molecule has 4 nitrogen and oxygen atoms in total. The van der Waals surface area contributed by atoms with Crippen molar-refractivity contribution >= 4 is 5.97 Å². The van der Waals surface area contributed by atoms with E-state index in [0.717, 1.165) is 32.1 Å². The Hall–Kier alpha value is -0.610. The van der Waals surface area contributed by atoms with E-state index in [4.69, 9.17) is 4.74 Å². The topological polar surface area (TPSA) is 58.6 Å². The summed E-state index contributed by atoms with van der Waals surface area (Å²) >= 11 is 0. The number of aliphatic carboxylic acids is 1. The first-order valence-corrected chi connectivity index (χ1v) is 6.08. The number of hydrogen-bond acceptors (Lipinski definition) is 3. The molecule has 0 aromatic heterocycles. The molecule has 1 aliphatic carbocycles. The van der Waals surface area contributed by atoms with E-state index in [1.165, 1.54) is 0 Å². The van der Waals surface area contributed by atoms with Crippen LogP contribution in [0.1, 0.15) is 39.0 Å². The fourth-order valence-electron chi connectivity index (χ4n) is 2.27. The van der Waals surface area contributed by atoms with Crippen molar-refractivity contribution < 1.29 is 14.6 Å². The van der Waals surface area contributed by atoms with E-state index < -0.39 is 11.5 Å². The quantitative estimate of drug-likeness (QED) is 0.680. The summed E-state index contributed by atoms with van der Waals surface area (Å²) in [6, 6.07) is 0. The van der Waals surface area contributed by atoms with Crippen molar-refractivity contribution in [3.63, 3.8) is 0 Å². The molecule has 2 N–H and O–H groups in total. The second kappa shape index (κ2) is 6.21. The summed E-state index contributed by atoms with van der Waals surface area (Å²) in [5, 5.41) is 12.5. The van der Waals surface area contributed by atoms with Crippen molar-refractivity contribution in [1.29, 1.82) is 0 Å². The van der Waals surface area contributed by atoms with Gasteiger partial charge < -0.3 is 15.2 Å². The van der Waals surface area contributed by atoms with Crippen LogP contribution >= 0.6 is 0 Å². The molecule has 0 unspecified atom stereocenters. The Kier molecular flexibility index (Phi) is 5.22. The second-order valence-electron chi connectivity index (χ2n) is 4.84. The summed E-state index contributed by atoms with van der Waals surface area (Å²) in [5.41, 5.74) is -0.680. The van der Waals surface area contributed by atoms with Gasteiger partial charge in [0.25, 0.3) is 0 Å². The van der Waals surface area contributed by atoms with Gasteiger partial charge in [0, 0.05) is 13.7 Å². The molecule has 0 atom stereocenters. The van der Waals surface area contributed by atoms with Crippen LogP contribution in [0.3, 0.4) is 0 Å². The molecule has 1 fully saturated rings. The second-order valence-corrected chi connectivity index (χ2v) is 4.84. The van der Waals surface area contributed by atoms with Gasteiger partial charge in [0.2, 0.25) is 0 Å². The largest absolute Gasteiger partial charge is 0.480 e. The molecule has 0 bridgehead atoms. The number of ether oxygens (including phenoxy) is 1. The Bertz CT molecular complexity index is 222. The SMILES string of the molecule is COCCCNC1(C(=O)O)CCC(C)CC1. The molecule has 16 heavy (non-hydrogen) atoms. The third-order valence-corrected chi connectivity index (χ3v) is 3.53. The number of methoxy groups -OCH3 is 1. The van der Waals surface area contributed by atoms with Gasteiger partial charge in [-0.25, -0.2) is 0 Å². The number of carbonyl (C=O) groups is 1. The maximum absolute atomic E-state index is 11.4. The summed E-state index contributed by atoms with van der Waals surface area (Å²) in [5.74, 6) is -0.0370. The van der Waals surface area contributed by atoms with Gasteiger partial charge in [-0.15, -0.1) is 0 Å². The van der Waals surface area contributed by atoms with Gasteiger partial charge in [0.15, 0.2) is 0 Å². The fraction of sp³-hybridized carbons (Fsp3) is 0.917. The van der Waals surface area contributed by atoms with Gasteiger partial charge in [-0.3, -0.25) is 4.79 Å². The van der Waals surface area contributed by atoms with Crippen LogP contribution in [0.4, 0.5) is 0 Å². The summed E-state index contributed by atoms with van der Waals surface area (Å²) in [4.78, 5) is 11.4. The fourth-order valence-corrected chi connectivity index (χ4v) is 2.27. The van der Waals surface area contributed by atoms with E-state index in [9.17, 15) is 9.90 Å². The molecule has 1 rings (SSSR count). The Balaban J connectivity index is 2.43. The molecule has 0 saturated heterocycles. The predicted molar refractivity (Wildman–Crippen MR) is 62.5 cm³/mol. The molecule has 0 aliphatic heterocycles. The van der Waals surface area contributed by atoms with E-state index in [1.807, 2.05) is 0 Å². The van der Waals surface area contributed by atoms with Gasteiger partial charge >= 0.3 is 5.97 Å². The Labute approximate surface area is 97.4 Å². The van der Waals surface area contributed by atoms with E-state index >= 15 is 0 Å². The summed E-state index contributed by atoms with van der Waals surface area (Å²) in [6.45, 7) is 3.59. The highest BCUT2D eigenvalue weighted by atomic mass is 16.5. The molecule has 4 heteroatoms. The van der Waals surface area contributed by atoms with E-state index in [2.05, 4.69) is 12.2 Å². The molecule has 0 radical (unpaired) electrons. The molecular formula is C12H23NO3. The first kappa shape index (κ1) is 13.5. The number of rotatable bonds is 6. The minimum atomic E-state index is -0.697. The molecular weight excluding hydrogens is 206 g/mol. The number of hydrogen-bond donors (Lipinski definition) is 2. The third kappa shape index (κ3) is 3.46. The standard InChI is InChI=1S/C12H23NO3/c1-10-4-6-12(7-5-10,11(14)15)13-8-3-9-16-2/h10,13H,3-9H2,1-2H3,(H,14,15). The van der Waals surface area contributed by atoms with Crippen LogP contribution in [0, 0.1) is 5.92 Å². The minimum absolute atomic E-state index is 0.660. The van der Waals surface area contributed by atoms with Gasteiger partial charge in [-0.2, -0.15) is 0 Å². The number of nitrogens with one attached hydrogen (secondary N) is 1. The van der Waals surface area contributed by atoms with Gasteiger partial charge in [0.05, 0.1) is 0 Å². The first-order chi connectivity index (χ1) is 7.60. The lowest BCUT2D eigenvalue weighted by molar-refractivity contribution is -0.146. The Morgan fingerprint density at radius 2 is 2.12 bits per heavy atom. The van der Waals surface area contributed by atoms with Crippen molar-refractivity contribution in [3.8, 4) is 0 Å². The van der Waals surface area contributed by atoms with Crippen LogP contribution in [0.25, 0.3) is 0 Å². The van der Waals surface area contributed by atoms with E-state index in [1.54, 1.807) is 7.11 Å². The van der Waals surface area contributed by atoms with Crippen molar-refractivity contribution in [1.82, 2.24) is 5.32 Å². The highest BCUT2D eigenvalue weighted by molar-refractivity contribution is 5.78. The zero-order valence-corrected chi connectivity index (χ0v) is 10.3. The molecule has 0 aromatic rings. The van der Waals surface area contributed by atoms with Crippen molar-refractivity contribution in [3.05, 3.63) is 0 Å². The van der Waals surface area contributed by atoms with Crippen LogP contribution in [0.5, 0.6) is 0 Å². The highest BCUT2D eigenvalue weighted by Gasteiger charge is 2.40. The van der Waals surface area contributed by atoms with Crippen LogP contribution in [-0.2, 0) is 9.53 Å². The van der Waals surface area contributed by atoms with E-state index in [-0.39, 0.29) is 0 Å². The maximum Gasteiger partial charge on any atom is 0.323 e. The number of carboxylic acids is 1. The zero-order valence-electron chi connectivity index (χ0n) is 10.3. The average molecular weight is 229 g/mol. The molecule has 0 amide bonds.